The van der Waals surface area contributed by atoms with E-state index in [1.165, 1.54) is 6.07 Å². The van der Waals surface area contributed by atoms with Crippen LogP contribution in [0.15, 0.2) is 18.2 Å². The molecule has 0 fully saturated rings. The number of carboxylic acids is 1. The molecule has 6 N–H and O–H groups in total. The predicted octanol–water partition coefficient (Wildman–Crippen LogP) is -0.0409. The fourth-order valence-corrected chi connectivity index (χ4v) is 1.19. The molecular weight excluding hydrogens is 184 g/mol. The average molecular weight is 196 g/mol. The summed E-state index contributed by atoms with van der Waals surface area (Å²) in [5.74, 6) is -1.10. The van der Waals surface area contributed by atoms with Crippen molar-refractivity contribution in [3.05, 3.63) is 29.3 Å². The normalized spacial score (nSPS) is 12.4. The number of rotatable bonds is 3. The van der Waals surface area contributed by atoms with Crippen LogP contribution in [0.1, 0.15) is 22.0 Å². The zero-order valence-corrected chi connectivity index (χ0v) is 7.47. The molecule has 0 saturated carbocycles. The third-order valence-corrected chi connectivity index (χ3v) is 1.97. The smallest absolute Gasteiger partial charge is 0.337 e. The van der Waals surface area contributed by atoms with E-state index < -0.39 is 12.0 Å². The quantitative estimate of drug-likeness (QED) is 0.507. The third kappa shape index (κ3) is 1.84. The number of para-hydroxylation sites is 1. The SMILES string of the molecule is Nc1c(C(=O)O)cccc1[C@@H](N)CO. The van der Waals surface area contributed by atoms with Crippen LogP contribution in [0.25, 0.3) is 0 Å². The number of carboxylic acid groups (broad SMARTS) is 1. The van der Waals surface area contributed by atoms with Crippen molar-refractivity contribution in [3.63, 3.8) is 0 Å². The number of benzene rings is 1. The number of aliphatic hydroxyl groups excluding tert-OH is 1. The molecule has 0 aliphatic carbocycles. The van der Waals surface area contributed by atoms with Crippen molar-refractivity contribution in [2.45, 2.75) is 6.04 Å². The molecule has 1 aromatic carbocycles. The van der Waals surface area contributed by atoms with Crippen LogP contribution in [0.4, 0.5) is 5.69 Å². The molecule has 0 aliphatic heterocycles. The summed E-state index contributed by atoms with van der Waals surface area (Å²) >= 11 is 0. The van der Waals surface area contributed by atoms with Crippen molar-refractivity contribution < 1.29 is 15.0 Å². The molecule has 0 saturated heterocycles. The molecule has 0 aromatic heterocycles. The van der Waals surface area contributed by atoms with Crippen LogP contribution in [-0.4, -0.2) is 22.8 Å². The average Bonchev–Trinajstić information content (AvgIpc) is 2.16. The van der Waals surface area contributed by atoms with Crippen molar-refractivity contribution in [2.75, 3.05) is 12.3 Å². The van der Waals surface area contributed by atoms with E-state index in [-0.39, 0.29) is 17.9 Å². The van der Waals surface area contributed by atoms with E-state index in [2.05, 4.69) is 0 Å². The molecule has 5 heteroatoms. The molecule has 0 unspecified atom stereocenters. The molecule has 5 nitrogen and oxygen atoms in total. The predicted molar refractivity (Wildman–Crippen MR) is 51.8 cm³/mol. The van der Waals surface area contributed by atoms with Gasteiger partial charge in [0.15, 0.2) is 0 Å². The summed E-state index contributed by atoms with van der Waals surface area (Å²) in [4.78, 5) is 10.7. The van der Waals surface area contributed by atoms with Crippen LogP contribution in [-0.2, 0) is 0 Å². The topological polar surface area (TPSA) is 110 Å². The first-order chi connectivity index (χ1) is 6.57. The monoisotopic (exact) mass is 196 g/mol. The fraction of sp³-hybridized carbons (Fsp3) is 0.222. The molecule has 0 aliphatic rings. The molecule has 1 aromatic rings. The number of nitrogens with two attached hydrogens (primary N) is 2. The van der Waals surface area contributed by atoms with Gasteiger partial charge in [-0.3, -0.25) is 0 Å². The van der Waals surface area contributed by atoms with Crippen molar-refractivity contribution in [1.29, 1.82) is 0 Å². The van der Waals surface area contributed by atoms with Crippen molar-refractivity contribution >= 4 is 11.7 Å². The lowest BCUT2D eigenvalue weighted by atomic mass is 10.0. The minimum Gasteiger partial charge on any atom is -0.478 e. The van der Waals surface area contributed by atoms with Gasteiger partial charge in [-0.15, -0.1) is 0 Å². The first kappa shape index (κ1) is 10.5. The molecule has 1 rings (SSSR count). The highest BCUT2D eigenvalue weighted by atomic mass is 16.4. The second-order valence-electron chi connectivity index (χ2n) is 2.90. The molecule has 0 amide bonds. The number of nitrogen functional groups attached to an aromatic ring is 1. The Morgan fingerprint density at radius 3 is 2.64 bits per heavy atom. The summed E-state index contributed by atoms with van der Waals surface area (Å²) in [6, 6.07) is 3.90. The van der Waals surface area contributed by atoms with Gasteiger partial charge in [-0.25, -0.2) is 4.79 Å². The van der Waals surface area contributed by atoms with Gasteiger partial charge in [-0.05, 0) is 11.6 Å². The van der Waals surface area contributed by atoms with Gasteiger partial charge in [0.25, 0.3) is 0 Å². The van der Waals surface area contributed by atoms with E-state index in [0.29, 0.717) is 5.56 Å². The van der Waals surface area contributed by atoms with Gasteiger partial charge in [-0.2, -0.15) is 0 Å². The Bertz CT molecular complexity index is 352. The summed E-state index contributed by atoms with van der Waals surface area (Å²) in [6.07, 6.45) is 0. The van der Waals surface area contributed by atoms with Gasteiger partial charge in [0, 0.05) is 0 Å². The van der Waals surface area contributed by atoms with E-state index in [4.69, 9.17) is 21.7 Å². The summed E-state index contributed by atoms with van der Waals surface area (Å²) in [7, 11) is 0. The molecule has 0 heterocycles. The van der Waals surface area contributed by atoms with Crippen LogP contribution in [0.2, 0.25) is 0 Å². The Labute approximate surface area is 81.0 Å². The standard InChI is InChI=1S/C9H12N2O3/c10-7(4-12)5-2-1-3-6(8(5)11)9(13)14/h1-3,7,12H,4,10-11H2,(H,13,14)/t7-/m0/s1. The van der Waals surface area contributed by atoms with Gasteiger partial charge < -0.3 is 21.7 Å². The van der Waals surface area contributed by atoms with Gasteiger partial charge in [0.2, 0.25) is 0 Å². The summed E-state index contributed by atoms with van der Waals surface area (Å²) in [6.45, 7) is -0.271. The molecule has 0 bridgehead atoms. The number of hydrogen-bond donors (Lipinski definition) is 4. The Hall–Kier alpha value is -1.59. The lowest BCUT2D eigenvalue weighted by molar-refractivity contribution is 0.0698. The van der Waals surface area contributed by atoms with Crippen LogP contribution < -0.4 is 11.5 Å². The number of aromatic carboxylic acids is 1. The maximum Gasteiger partial charge on any atom is 0.337 e. The van der Waals surface area contributed by atoms with E-state index >= 15 is 0 Å². The lowest BCUT2D eigenvalue weighted by Gasteiger charge is -2.12. The van der Waals surface area contributed by atoms with Crippen LogP contribution in [0, 0.1) is 0 Å². The van der Waals surface area contributed by atoms with Crippen molar-refractivity contribution in [2.24, 2.45) is 5.73 Å². The second-order valence-corrected chi connectivity index (χ2v) is 2.90. The summed E-state index contributed by atoms with van der Waals surface area (Å²) < 4.78 is 0. The highest BCUT2D eigenvalue weighted by Crippen LogP contribution is 2.22. The number of carbonyl (C=O) groups is 1. The maximum absolute atomic E-state index is 10.7. The Morgan fingerprint density at radius 2 is 2.14 bits per heavy atom. The van der Waals surface area contributed by atoms with E-state index in [9.17, 15) is 4.79 Å². The first-order valence-corrected chi connectivity index (χ1v) is 4.06. The fourth-order valence-electron chi connectivity index (χ4n) is 1.19. The van der Waals surface area contributed by atoms with Crippen LogP contribution in [0.3, 0.4) is 0 Å². The molecule has 0 spiro atoms. The zero-order valence-electron chi connectivity index (χ0n) is 7.47. The molecule has 1 atom stereocenters. The maximum atomic E-state index is 10.7. The number of anilines is 1. The third-order valence-electron chi connectivity index (χ3n) is 1.97. The van der Waals surface area contributed by atoms with Crippen molar-refractivity contribution in [1.82, 2.24) is 0 Å². The second kappa shape index (κ2) is 4.08. The van der Waals surface area contributed by atoms with Gasteiger partial charge >= 0.3 is 5.97 Å². The largest absolute Gasteiger partial charge is 0.478 e. The first-order valence-electron chi connectivity index (χ1n) is 4.06. The highest BCUT2D eigenvalue weighted by molar-refractivity contribution is 5.94. The van der Waals surface area contributed by atoms with Gasteiger partial charge in [-0.1, -0.05) is 12.1 Å². The van der Waals surface area contributed by atoms with E-state index in [1.54, 1.807) is 12.1 Å². The summed E-state index contributed by atoms with van der Waals surface area (Å²) in [5.41, 5.74) is 11.7. The van der Waals surface area contributed by atoms with Crippen LogP contribution in [0.5, 0.6) is 0 Å². The minimum atomic E-state index is -1.10. The highest BCUT2D eigenvalue weighted by Gasteiger charge is 2.14. The van der Waals surface area contributed by atoms with Crippen LogP contribution >= 0.6 is 0 Å². The van der Waals surface area contributed by atoms with E-state index in [1.807, 2.05) is 0 Å². The van der Waals surface area contributed by atoms with Crippen molar-refractivity contribution in [3.8, 4) is 0 Å². The molecular formula is C9H12N2O3. The van der Waals surface area contributed by atoms with Gasteiger partial charge in [0.05, 0.1) is 23.9 Å². The molecule has 76 valence electrons. The Kier molecular flexibility index (Phi) is 3.06. The zero-order chi connectivity index (χ0) is 10.7. The summed E-state index contributed by atoms with van der Waals surface area (Å²) in [5, 5.41) is 17.6. The lowest BCUT2D eigenvalue weighted by Crippen LogP contribution is -2.17. The Balaban J connectivity index is 3.20. The van der Waals surface area contributed by atoms with Gasteiger partial charge in [0.1, 0.15) is 0 Å². The molecule has 14 heavy (non-hydrogen) atoms. The minimum absolute atomic E-state index is 0.00593. The number of aliphatic hydroxyl groups is 1. The Morgan fingerprint density at radius 1 is 1.50 bits per heavy atom. The number of hydrogen-bond acceptors (Lipinski definition) is 4. The van der Waals surface area contributed by atoms with E-state index in [0.717, 1.165) is 0 Å². The molecule has 0 radical (unpaired) electrons.